The number of ether oxygens (including phenoxy) is 1. The summed E-state index contributed by atoms with van der Waals surface area (Å²) in [6.07, 6.45) is 1.77. The molecule has 1 N–H and O–H groups in total. The minimum absolute atomic E-state index is 0.114. The summed E-state index contributed by atoms with van der Waals surface area (Å²) in [6.45, 7) is 6.46. The number of nitrogens with one attached hydrogen (secondary N) is 1. The van der Waals surface area contributed by atoms with E-state index in [4.69, 9.17) is 27.9 Å². The Kier molecular flexibility index (Phi) is 6.09. The normalized spacial score (nSPS) is 12.2. The van der Waals surface area contributed by atoms with Crippen molar-refractivity contribution in [3.8, 4) is 0 Å². The number of rotatable bonds is 5. The van der Waals surface area contributed by atoms with Crippen LogP contribution >= 0.6 is 23.2 Å². The van der Waals surface area contributed by atoms with Gasteiger partial charge in [0.2, 0.25) is 0 Å². The van der Waals surface area contributed by atoms with Crippen LogP contribution in [0.4, 0.5) is 5.69 Å². The molecule has 0 amide bonds. The Bertz CT molecular complexity index is 1190. The molecular weight excluding hydrogens is 447 g/mol. The molecule has 1 aromatic heterocycles. The molecule has 0 saturated carbocycles. The maximum absolute atomic E-state index is 13.6. The van der Waals surface area contributed by atoms with Crippen LogP contribution in [0.1, 0.15) is 26.3 Å². The summed E-state index contributed by atoms with van der Waals surface area (Å²) < 4.78 is 33.5. The van der Waals surface area contributed by atoms with Crippen molar-refractivity contribution in [1.82, 2.24) is 4.98 Å². The van der Waals surface area contributed by atoms with E-state index >= 15 is 0 Å². The summed E-state index contributed by atoms with van der Waals surface area (Å²) in [5.74, 6) is -0.673. The fourth-order valence-corrected chi connectivity index (χ4v) is 5.33. The number of H-pyrrole nitrogens is 1. The number of esters is 1. The second-order valence-corrected chi connectivity index (χ2v) is 10.6. The van der Waals surface area contributed by atoms with Gasteiger partial charge in [-0.3, -0.25) is 9.10 Å². The van der Waals surface area contributed by atoms with Crippen molar-refractivity contribution in [1.29, 1.82) is 0 Å². The Hall–Kier alpha value is -2.22. The topological polar surface area (TPSA) is 79.5 Å². The van der Waals surface area contributed by atoms with Crippen LogP contribution in [0.5, 0.6) is 0 Å². The van der Waals surface area contributed by atoms with Crippen molar-refractivity contribution in [2.75, 3.05) is 10.8 Å². The third-order valence-corrected chi connectivity index (χ3v) is 6.53. The molecule has 0 fully saturated rings. The number of aromatic amines is 1. The first kappa shape index (κ1) is 22.5. The lowest BCUT2D eigenvalue weighted by Crippen LogP contribution is -2.39. The predicted molar refractivity (Wildman–Crippen MR) is 120 cm³/mol. The van der Waals surface area contributed by atoms with Crippen LogP contribution in [0.3, 0.4) is 0 Å². The molecular formula is C21H22Cl2N2O4S. The van der Waals surface area contributed by atoms with E-state index in [1.165, 1.54) is 18.2 Å². The molecule has 0 aliphatic carbocycles. The van der Waals surface area contributed by atoms with Gasteiger partial charge in [0.25, 0.3) is 10.0 Å². The highest BCUT2D eigenvalue weighted by Gasteiger charge is 2.31. The van der Waals surface area contributed by atoms with E-state index in [9.17, 15) is 13.2 Å². The number of sulfonamides is 1. The lowest BCUT2D eigenvalue weighted by atomic mass is 10.1. The van der Waals surface area contributed by atoms with Crippen LogP contribution in [-0.4, -0.2) is 31.5 Å². The van der Waals surface area contributed by atoms with Crippen LogP contribution in [0.15, 0.2) is 47.5 Å². The van der Waals surface area contributed by atoms with Gasteiger partial charge in [-0.2, -0.15) is 0 Å². The van der Waals surface area contributed by atoms with Crippen molar-refractivity contribution >= 4 is 55.8 Å². The second-order valence-electron chi connectivity index (χ2n) is 7.85. The molecule has 9 heteroatoms. The van der Waals surface area contributed by atoms with E-state index in [1.807, 2.05) is 6.07 Å². The van der Waals surface area contributed by atoms with Crippen LogP contribution < -0.4 is 4.31 Å². The van der Waals surface area contributed by atoms with Gasteiger partial charge in [0, 0.05) is 27.1 Å². The van der Waals surface area contributed by atoms with Gasteiger partial charge in [0.1, 0.15) is 12.1 Å². The smallest absolute Gasteiger partial charge is 0.327 e. The molecule has 0 unspecified atom stereocenters. The summed E-state index contributed by atoms with van der Waals surface area (Å²) in [5.41, 5.74) is 1.17. The predicted octanol–water partition coefficient (Wildman–Crippen LogP) is 5.32. The first-order valence-electron chi connectivity index (χ1n) is 9.16. The standard InChI is InChI=1S/C21H22Cl2N2O4S/c1-13-17-7-8-24-18(17)5-6-19(13)25(12-20(26)29-21(2,3)4)30(27,28)16-10-14(22)9-15(23)11-16/h5-11,24H,12H2,1-4H3. The van der Waals surface area contributed by atoms with Crippen LogP contribution in [0, 0.1) is 6.92 Å². The van der Waals surface area contributed by atoms with E-state index in [0.29, 0.717) is 11.3 Å². The van der Waals surface area contributed by atoms with Gasteiger partial charge in [-0.15, -0.1) is 0 Å². The SMILES string of the molecule is Cc1c(N(CC(=O)OC(C)(C)C)S(=O)(=O)c2cc(Cl)cc(Cl)c2)ccc2[nH]ccc12. The molecule has 0 atom stereocenters. The number of hydrogen-bond acceptors (Lipinski definition) is 4. The van der Waals surface area contributed by atoms with Crippen molar-refractivity contribution in [2.45, 2.75) is 38.2 Å². The first-order valence-corrected chi connectivity index (χ1v) is 11.4. The number of aryl methyl sites for hydroxylation is 1. The molecule has 0 saturated heterocycles. The summed E-state index contributed by atoms with van der Waals surface area (Å²) in [4.78, 5) is 15.6. The molecule has 1 heterocycles. The highest BCUT2D eigenvalue weighted by Crippen LogP contribution is 2.33. The number of aromatic nitrogens is 1. The summed E-state index contributed by atoms with van der Waals surface area (Å²) >= 11 is 12.1. The highest BCUT2D eigenvalue weighted by atomic mass is 35.5. The van der Waals surface area contributed by atoms with Crippen molar-refractivity contribution < 1.29 is 17.9 Å². The Morgan fingerprint density at radius 3 is 2.33 bits per heavy atom. The fourth-order valence-electron chi connectivity index (χ4n) is 3.14. The fraction of sp³-hybridized carbons (Fsp3) is 0.286. The van der Waals surface area contributed by atoms with Gasteiger partial charge in [0.05, 0.1) is 10.6 Å². The molecule has 3 aromatic rings. The third kappa shape index (κ3) is 4.74. The molecule has 0 spiro atoms. The van der Waals surface area contributed by atoms with Crippen molar-refractivity contribution in [3.63, 3.8) is 0 Å². The summed E-state index contributed by atoms with van der Waals surface area (Å²) in [7, 11) is -4.17. The Balaban J connectivity index is 2.15. The second kappa shape index (κ2) is 8.13. The van der Waals surface area contributed by atoms with E-state index in [0.717, 1.165) is 15.2 Å². The minimum atomic E-state index is -4.17. The number of benzene rings is 2. The van der Waals surface area contributed by atoms with Crippen molar-refractivity contribution in [3.05, 3.63) is 58.2 Å². The Morgan fingerprint density at radius 2 is 1.73 bits per heavy atom. The monoisotopic (exact) mass is 468 g/mol. The minimum Gasteiger partial charge on any atom is -0.459 e. The Morgan fingerprint density at radius 1 is 1.10 bits per heavy atom. The van der Waals surface area contributed by atoms with Gasteiger partial charge in [0.15, 0.2) is 0 Å². The van der Waals surface area contributed by atoms with Crippen molar-refractivity contribution in [2.24, 2.45) is 0 Å². The third-order valence-electron chi connectivity index (χ3n) is 4.36. The molecule has 30 heavy (non-hydrogen) atoms. The molecule has 0 aliphatic heterocycles. The van der Waals surface area contributed by atoms with E-state index in [2.05, 4.69) is 4.98 Å². The van der Waals surface area contributed by atoms with Gasteiger partial charge < -0.3 is 9.72 Å². The molecule has 0 aliphatic rings. The zero-order chi connectivity index (χ0) is 22.3. The number of halogens is 2. The molecule has 160 valence electrons. The van der Waals surface area contributed by atoms with Gasteiger partial charge >= 0.3 is 5.97 Å². The van der Waals surface area contributed by atoms with Gasteiger partial charge in [-0.1, -0.05) is 23.2 Å². The molecule has 2 aromatic carbocycles. The van der Waals surface area contributed by atoms with Gasteiger partial charge in [-0.25, -0.2) is 8.42 Å². The average Bonchev–Trinajstić information content (AvgIpc) is 3.07. The van der Waals surface area contributed by atoms with E-state index in [-0.39, 0.29) is 14.9 Å². The lowest BCUT2D eigenvalue weighted by Gasteiger charge is -2.27. The number of hydrogen-bond donors (Lipinski definition) is 1. The van der Waals surface area contributed by atoms with Crippen LogP contribution in [0.2, 0.25) is 10.0 Å². The number of carbonyl (C=O) groups is 1. The molecule has 3 rings (SSSR count). The van der Waals surface area contributed by atoms with E-state index < -0.39 is 28.1 Å². The highest BCUT2D eigenvalue weighted by molar-refractivity contribution is 7.92. The zero-order valence-corrected chi connectivity index (χ0v) is 19.3. The number of anilines is 1. The zero-order valence-electron chi connectivity index (χ0n) is 17.0. The average molecular weight is 469 g/mol. The number of nitrogens with zero attached hydrogens (tertiary/aromatic N) is 1. The maximum Gasteiger partial charge on any atom is 0.327 e. The summed E-state index contributed by atoms with van der Waals surface area (Å²) in [5, 5.41) is 1.20. The lowest BCUT2D eigenvalue weighted by molar-refractivity contribution is -0.152. The van der Waals surface area contributed by atoms with Gasteiger partial charge in [-0.05, 0) is 69.7 Å². The summed E-state index contributed by atoms with van der Waals surface area (Å²) in [6, 6.07) is 9.31. The quantitative estimate of drug-likeness (QED) is 0.513. The molecule has 6 nitrogen and oxygen atoms in total. The van der Waals surface area contributed by atoms with Crippen LogP contribution in [0.25, 0.3) is 10.9 Å². The maximum atomic E-state index is 13.6. The number of carbonyl (C=O) groups excluding carboxylic acids is 1. The van der Waals surface area contributed by atoms with Crippen LogP contribution in [-0.2, 0) is 19.6 Å². The first-order chi connectivity index (χ1) is 13.9. The Labute approximate surface area is 185 Å². The molecule has 0 radical (unpaired) electrons. The largest absolute Gasteiger partial charge is 0.459 e. The molecule has 0 bridgehead atoms. The number of fused-ring (bicyclic) bond motifs is 1. The van der Waals surface area contributed by atoms with E-state index in [1.54, 1.807) is 46.0 Å².